The Balaban J connectivity index is 1.82. The molecule has 1 saturated carbocycles. The molecule has 0 aromatic rings. The van der Waals surface area contributed by atoms with E-state index in [2.05, 4.69) is 10.5 Å². The molecule has 2 N–H and O–H groups in total. The predicted octanol–water partition coefficient (Wildman–Crippen LogP) is -0.260. The number of carbonyl (C=O) groups excluding carboxylic acids is 1. The van der Waals surface area contributed by atoms with Crippen molar-refractivity contribution in [3.05, 3.63) is 0 Å². The highest BCUT2D eigenvalue weighted by molar-refractivity contribution is 6.36. The van der Waals surface area contributed by atoms with Gasteiger partial charge in [-0.3, -0.25) is 4.79 Å². The van der Waals surface area contributed by atoms with Gasteiger partial charge in [0.2, 0.25) is 6.10 Å². The molecule has 0 aromatic heterocycles. The van der Waals surface area contributed by atoms with Crippen LogP contribution in [0.1, 0.15) is 19.8 Å². The molecule has 0 saturated heterocycles. The second kappa shape index (κ2) is 3.52. The number of hydrogen-bond donors (Lipinski definition) is 2. The van der Waals surface area contributed by atoms with Crippen LogP contribution in [0, 0.1) is 5.92 Å². The van der Waals surface area contributed by atoms with Gasteiger partial charge in [0.1, 0.15) is 0 Å². The standard InChI is InChI=1S/C9H12N2O4/c1-4-2-5(4)10-8(12)7-3-6(9(13)14)11-15-7/h4-5,7H,2-3H2,1H3,(H,10,12)(H,13,14). The first kappa shape index (κ1) is 9.95. The molecule has 2 rings (SSSR count). The average Bonchev–Trinajstić information content (AvgIpc) is 2.71. The van der Waals surface area contributed by atoms with E-state index in [-0.39, 0.29) is 24.1 Å². The number of hydrogen-bond acceptors (Lipinski definition) is 4. The summed E-state index contributed by atoms with van der Waals surface area (Å²) in [4.78, 5) is 26.8. The number of nitrogens with zero attached hydrogens (tertiary/aromatic N) is 1. The van der Waals surface area contributed by atoms with E-state index in [1.54, 1.807) is 0 Å². The minimum Gasteiger partial charge on any atom is -0.477 e. The molecule has 1 aliphatic carbocycles. The van der Waals surface area contributed by atoms with Crippen LogP contribution in [0.4, 0.5) is 0 Å². The van der Waals surface area contributed by atoms with Crippen molar-refractivity contribution in [2.45, 2.75) is 31.9 Å². The fraction of sp³-hybridized carbons (Fsp3) is 0.667. The van der Waals surface area contributed by atoms with Gasteiger partial charge in [-0.1, -0.05) is 12.1 Å². The van der Waals surface area contributed by atoms with Crippen molar-refractivity contribution >= 4 is 17.6 Å². The molecule has 1 fully saturated rings. The van der Waals surface area contributed by atoms with Crippen molar-refractivity contribution in [2.24, 2.45) is 11.1 Å². The van der Waals surface area contributed by atoms with Crippen molar-refractivity contribution in [1.82, 2.24) is 5.32 Å². The van der Waals surface area contributed by atoms with Crippen LogP contribution in [0.3, 0.4) is 0 Å². The van der Waals surface area contributed by atoms with Crippen molar-refractivity contribution < 1.29 is 19.5 Å². The summed E-state index contributed by atoms with van der Waals surface area (Å²) in [6.07, 6.45) is 0.247. The van der Waals surface area contributed by atoms with E-state index in [1.807, 2.05) is 6.92 Å². The van der Waals surface area contributed by atoms with Gasteiger partial charge in [-0.05, 0) is 12.3 Å². The number of oxime groups is 1. The molecule has 15 heavy (non-hydrogen) atoms. The molecule has 1 amide bonds. The molecule has 0 aromatic carbocycles. The molecule has 1 heterocycles. The Morgan fingerprint density at radius 1 is 1.60 bits per heavy atom. The lowest BCUT2D eigenvalue weighted by Gasteiger charge is -2.08. The summed E-state index contributed by atoms with van der Waals surface area (Å²) in [5.74, 6) is -0.898. The molecule has 3 unspecified atom stereocenters. The van der Waals surface area contributed by atoms with E-state index < -0.39 is 12.1 Å². The Morgan fingerprint density at radius 2 is 2.27 bits per heavy atom. The maximum absolute atomic E-state index is 11.5. The summed E-state index contributed by atoms with van der Waals surface area (Å²) >= 11 is 0. The van der Waals surface area contributed by atoms with Gasteiger partial charge in [-0.25, -0.2) is 4.79 Å². The topological polar surface area (TPSA) is 88.0 Å². The maximum Gasteiger partial charge on any atom is 0.353 e. The van der Waals surface area contributed by atoms with E-state index >= 15 is 0 Å². The van der Waals surface area contributed by atoms with E-state index in [9.17, 15) is 9.59 Å². The van der Waals surface area contributed by atoms with Crippen LogP contribution in [0.25, 0.3) is 0 Å². The van der Waals surface area contributed by atoms with E-state index in [0.29, 0.717) is 5.92 Å². The fourth-order valence-corrected chi connectivity index (χ4v) is 1.44. The Labute approximate surface area is 86.3 Å². The molecular formula is C9H12N2O4. The van der Waals surface area contributed by atoms with Gasteiger partial charge in [0.05, 0.1) is 0 Å². The number of aliphatic carboxylic acids is 1. The highest BCUT2D eigenvalue weighted by atomic mass is 16.6. The van der Waals surface area contributed by atoms with Crippen LogP contribution < -0.4 is 5.32 Å². The van der Waals surface area contributed by atoms with Gasteiger partial charge in [0.15, 0.2) is 5.71 Å². The first-order chi connectivity index (χ1) is 7.08. The Kier molecular flexibility index (Phi) is 2.34. The van der Waals surface area contributed by atoms with Crippen LogP contribution in [-0.4, -0.2) is 34.8 Å². The smallest absolute Gasteiger partial charge is 0.353 e. The molecule has 1 aliphatic heterocycles. The van der Waals surface area contributed by atoms with Gasteiger partial charge < -0.3 is 15.3 Å². The predicted molar refractivity (Wildman–Crippen MR) is 50.3 cm³/mol. The third-order valence-corrected chi connectivity index (χ3v) is 2.65. The largest absolute Gasteiger partial charge is 0.477 e. The van der Waals surface area contributed by atoms with Crippen molar-refractivity contribution in [2.75, 3.05) is 0 Å². The van der Waals surface area contributed by atoms with Crippen LogP contribution >= 0.6 is 0 Å². The summed E-state index contributed by atoms with van der Waals surface area (Å²) in [7, 11) is 0. The summed E-state index contributed by atoms with van der Waals surface area (Å²) in [6.45, 7) is 2.04. The third-order valence-electron chi connectivity index (χ3n) is 2.65. The SMILES string of the molecule is CC1CC1NC(=O)C1CC(C(=O)O)=NO1. The zero-order valence-electron chi connectivity index (χ0n) is 8.27. The molecular weight excluding hydrogens is 200 g/mol. The molecule has 0 spiro atoms. The van der Waals surface area contributed by atoms with E-state index in [1.165, 1.54) is 0 Å². The van der Waals surface area contributed by atoms with Crippen molar-refractivity contribution in [3.63, 3.8) is 0 Å². The third kappa shape index (κ3) is 2.08. The molecule has 82 valence electrons. The number of carboxylic acid groups (broad SMARTS) is 1. The Morgan fingerprint density at radius 3 is 2.73 bits per heavy atom. The Bertz CT molecular complexity index is 339. The molecule has 6 nitrogen and oxygen atoms in total. The maximum atomic E-state index is 11.5. The first-order valence-electron chi connectivity index (χ1n) is 4.84. The number of carbonyl (C=O) groups is 2. The Hall–Kier alpha value is -1.59. The van der Waals surface area contributed by atoms with Crippen LogP contribution in [0.2, 0.25) is 0 Å². The van der Waals surface area contributed by atoms with Crippen molar-refractivity contribution in [3.8, 4) is 0 Å². The molecule has 0 radical (unpaired) electrons. The quantitative estimate of drug-likeness (QED) is 0.674. The molecule has 2 aliphatic rings. The summed E-state index contributed by atoms with van der Waals surface area (Å²) in [6, 6.07) is 0.218. The minimum atomic E-state index is -1.13. The highest BCUT2D eigenvalue weighted by Crippen LogP contribution is 2.29. The number of carboxylic acids is 1. The number of nitrogens with one attached hydrogen (secondary N) is 1. The van der Waals surface area contributed by atoms with Crippen LogP contribution in [0.5, 0.6) is 0 Å². The average molecular weight is 212 g/mol. The van der Waals surface area contributed by atoms with Gasteiger partial charge >= 0.3 is 5.97 Å². The minimum absolute atomic E-state index is 0.0439. The number of rotatable bonds is 3. The van der Waals surface area contributed by atoms with Gasteiger partial charge in [-0.2, -0.15) is 0 Å². The lowest BCUT2D eigenvalue weighted by molar-refractivity contribution is -0.131. The van der Waals surface area contributed by atoms with Gasteiger partial charge in [-0.15, -0.1) is 0 Å². The zero-order chi connectivity index (χ0) is 11.0. The monoisotopic (exact) mass is 212 g/mol. The highest BCUT2D eigenvalue weighted by Gasteiger charge is 2.38. The second-order valence-electron chi connectivity index (χ2n) is 3.97. The van der Waals surface area contributed by atoms with E-state index in [4.69, 9.17) is 9.94 Å². The summed E-state index contributed by atoms with van der Waals surface area (Å²) < 4.78 is 0. The van der Waals surface area contributed by atoms with Crippen LogP contribution in [-0.2, 0) is 14.4 Å². The van der Waals surface area contributed by atoms with Gasteiger partial charge in [0.25, 0.3) is 5.91 Å². The zero-order valence-corrected chi connectivity index (χ0v) is 8.27. The molecule has 0 bridgehead atoms. The molecule has 3 atom stereocenters. The molecule has 6 heteroatoms. The summed E-state index contributed by atoms with van der Waals surface area (Å²) in [5.41, 5.74) is -0.0982. The van der Waals surface area contributed by atoms with Gasteiger partial charge in [0, 0.05) is 12.5 Å². The normalized spacial score (nSPS) is 32.9. The first-order valence-corrected chi connectivity index (χ1v) is 4.84. The lowest BCUT2D eigenvalue weighted by atomic mass is 10.1. The fourth-order valence-electron chi connectivity index (χ4n) is 1.44. The summed E-state index contributed by atoms with van der Waals surface area (Å²) in [5, 5.41) is 14.7. The van der Waals surface area contributed by atoms with Crippen molar-refractivity contribution in [1.29, 1.82) is 0 Å². The number of amides is 1. The second-order valence-corrected chi connectivity index (χ2v) is 3.97. The lowest BCUT2D eigenvalue weighted by Crippen LogP contribution is -2.37. The van der Waals surface area contributed by atoms with Crippen LogP contribution in [0.15, 0.2) is 5.16 Å². The van der Waals surface area contributed by atoms with E-state index in [0.717, 1.165) is 6.42 Å².